The van der Waals surface area contributed by atoms with Gasteiger partial charge in [0.15, 0.2) is 0 Å². The summed E-state index contributed by atoms with van der Waals surface area (Å²) in [4.78, 5) is 22.8. The van der Waals surface area contributed by atoms with Crippen LogP contribution in [0.2, 0.25) is 0 Å². The number of carboxylic acids is 1. The van der Waals surface area contributed by atoms with Crippen LogP contribution in [-0.2, 0) is 9.53 Å². The number of aromatic nitrogens is 1. The highest BCUT2D eigenvalue weighted by Crippen LogP contribution is 2.28. The summed E-state index contributed by atoms with van der Waals surface area (Å²) in [5.74, 6) is -1.45. The lowest BCUT2D eigenvalue weighted by Crippen LogP contribution is -2.49. The number of rotatable bonds is 3. The lowest BCUT2D eigenvalue weighted by molar-refractivity contribution is -0.148. The third-order valence-electron chi connectivity index (χ3n) is 2.91. The average Bonchev–Trinajstić information content (AvgIpc) is 2.89. The van der Waals surface area contributed by atoms with Crippen LogP contribution in [0, 0.1) is 5.41 Å². The number of hydrogen-bond donors (Lipinski definition) is 2. The van der Waals surface area contributed by atoms with Gasteiger partial charge < -0.3 is 19.7 Å². The van der Waals surface area contributed by atoms with Gasteiger partial charge in [-0.15, -0.1) is 0 Å². The van der Waals surface area contributed by atoms with Crippen LogP contribution in [0.3, 0.4) is 0 Å². The van der Waals surface area contributed by atoms with Crippen LogP contribution >= 0.6 is 0 Å². The highest BCUT2D eigenvalue weighted by molar-refractivity contribution is 5.92. The fourth-order valence-corrected chi connectivity index (χ4v) is 1.65. The van der Waals surface area contributed by atoms with Crippen molar-refractivity contribution < 1.29 is 24.0 Å². The maximum Gasteiger partial charge on any atom is 0.313 e. The molecule has 1 aromatic rings. The smallest absolute Gasteiger partial charge is 0.313 e. The maximum atomic E-state index is 11.7. The topological polar surface area (TPSA) is 102 Å². The van der Waals surface area contributed by atoms with E-state index in [1.165, 1.54) is 19.2 Å². The molecule has 7 heteroatoms. The van der Waals surface area contributed by atoms with Crippen LogP contribution in [-0.4, -0.2) is 41.4 Å². The normalized spacial score (nSPS) is 27.9. The average molecular weight is 240 g/mol. The van der Waals surface area contributed by atoms with E-state index < -0.39 is 23.3 Å². The van der Waals surface area contributed by atoms with Gasteiger partial charge in [0.25, 0.3) is 5.91 Å². The first-order chi connectivity index (χ1) is 8.04. The molecule has 7 nitrogen and oxygen atoms in total. The van der Waals surface area contributed by atoms with Crippen molar-refractivity contribution in [2.45, 2.75) is 13.0 Å². The Morgan fingerprint density at radius 3 is 3.00 bits per heavy atom. The molecule has 0 spiro atoms. The van der Waals surface area contributed by atoms with E-state index in [1.807, 2.05) is 0 Å². The van der Waals surface area contributed by atoms with E-state index in [0.29, 0.717) is 0 Å². The third-order valence-corrected chi connectivity index (χ3v) is 2.91. The molecule has 2 N–H and O–H groups in total. The van der Waals surface area contributed by atoms with Gasteiger partial charge in [-0.2, -0.15) is 0 Å². The van der Waals surface area contributed by atoms with E-state index in [0.717, 1.165) is 0 Å². The fourth-order valence-electron chi connectivity index (χ4n) is 1.65. The molecular formula is C10H12N2O5. The molecule has 92 valence electrons. The van der Waals surface area contributed by atoms with Crippen molar-refractivity contribution in [1.82, 2.24) is 10.5 Å². The van der Waals surface area contributed by atoms with Crippen molar-refractivity contribution in [3.8, 4) is 0 Å². The van der Waals surface area contributed by atoms with Crippen LogP contribution in [0.5, 0.6) is 0 Å². The molecule has 2 unspecified atom stereocenters. The standard InChI is InChI=1S/C10H12N2O5/c1-10(9(14)15)5-16-4-7(10)12-8(13)6-2-3-11-17-6/h2-3,7H,4-5H2,1H3,(H,12,13)(H,14,15). The summed E-state index contributed by atoms with van der Waals surface area (Å²) in [5, 5.41) is 15.1. The van der Waals surface area contributed by atoms with Gasteiger partial charge in [0.2, 0.25) is 5.76 Å². The summed E-state index contributed by atoms with van der Waals surface area (Å²) >= 11 is 0. The zero-order valence-corrected chi connectivity index (χ0v) is 9.17. The predicted octanol–water partition coefficient (Wildman–Crippen LogP) is -0.106. The van der Waals surface area contributed by atoms with Crippen molar-refractivity contribution in [3.63, 3.8) is 0 Å². The van der Waals surface area contributed by atoms with Gasteiger partial charge in [-0.1, -0.05) is 5.16 Å². The highest BCUT2D eigenvalue weighted by atomic mass is 16.5. The van der Waals surface area contributed by atoms with E-state index in [9.17, 15) is 9.59 Å². The van der Waals surface area contributed by atoms with Crippen molar-refractivity contribution >= 4 is 11.9 Å². The summed E-state index contributed by atoms with van der Waals surface area (Å²) in [7, 11) is 0. The third kappa shape index (κ3) is 2.01. The fraction of sp³-hybridized carbons (Fsp3) is 0.500. The molecule has 1 aromatic heterocycles. The van der Waals surface area contributed by atoms with E-state index in [1.54, 1.807) is 0 Å². The zero-order valence-electron chi connectivity index (χ0n) is 9.17. The Bertz CT molecular complexity index is 430. The Morgan fingerprint density at radius 1 is 1.65 bits per heavy atom. The van der Waals surface area contributed by atoms with Crippen molar-refractivity contribution in [2.24, 2.45) is 5.41 Å². The van der Waals surface area contributed by atoms with Gasteiger partial charge in [0.05, 0.1) is 25.5 Å². The first kappa shape index (κ1) is 11.6. The summed E-state index contributed by atoms with van der Waals surface area (Å²) in [6, 6.07) is 0.820. The summed E-state index contributed by atoms with van der Waals surface area (Å²) in [6.45, 7) is 1.78. The van der Waals surface area contributed by atoms with Crippen LogP contribution in [0.15, 0.2) is 16.8 Å². The number of amides is 1. The maximum absolute atomic E-state index is 11.7. The molecule has 2 heterocycles. The molecule has 1 saturated heterocycles. The van der Waals surface area contributed by atoms with Gasteiger partial charge >= 0.3 is 5.97 Å². The molecule has 0 saturated carbocycles. The van der Waals surface area contributed by atoms with Gasteiger partial charge in [0.1, 0.15) is 5.41 Å². The Kier molecular flexibility index (Phi) is 2.84. The van der Waals surface area contributed by atoms with E-state index >= 15 is 0 Å². The molecule has 1 fully saturated rings. The van der Waals surface area contributed by atoms with Crippen LogP contribution in [0.4, 0.5) is 0 Å². The van der Waals surface area contributed by atoms with Crippen molar-refractivity contribution in [3.05, 3.63) is 18.0 Å². The van der Waals surface area contributed by atoms with Crippen LogP contribution in [0.25, 0.3) is 0 Å². The Labute approximate surface area is 96.7 Å². The van der Waals surface area contributed by atoms with E-state index in [-0.39, 0.29) is 19.0 Å². The molecule has 1 aliphatic heterocycles. The number of carbonyl (C=O) groups excluding carboxylic acids is 1. The molecule has 17 heavy (non-hydrogen) atoms. The number of carbonyl (C=O) groups is 2. The number of ether oxygens (including phenoxy) is 1. The monoisotopic (exact) mass is 240 g/mol. The van der Waals surface area contributed by atoms with Gasteiger partial charge in [0, 0.05) is 6.07 Å². The minimum Gasteiger partial charge on any atom is -0.481 e. The number of nitrogens with one attached hydrogen (secondary N) is 1. The lowest BCUT2D eigenvalue weighted by Gasteiger charge is -2.24. The van der Waals surface area contributed by atoms with Crippen LogP contribution in [0.1, 0.15) is 17.5 Å². The molecule has 0 radical (unpaired) electrons. The van der Waals surface area contributed by atoms with Crippen molar-refractivity contribution in [1.29, 1.82) is 0 Å². The molecule has 1 amide bonds. The molecular weight excluding hydrogens is 228 g/mol. The Hall–Kier alpha value is -1.89. The molecule has 1 aliphatic rings. The first-order valence-electron chi connectivity index (χ1n) is 5.07. The molecule has 2 atom stereocenters. The molecule has 0 aliphatic carbocycles. The van der Waals surface area contributed by atoms with E-state index in [4.69, 9.17) is 9.84 Å². The Balaban J connectivity index is 2.09. The largest absolute Gasteiger partial charge is 0.481 e. The molecule has 2 rings (SSSR count). The SMILES string of the molecule is CC1(C(=O)O)COCC1NC(=O)c1ccno1. The zero-order chi connectivity index (χ0) is 12.5. The summed E-state index contributed by atoms with van der Waals surface area (Å²) in [5.41, 5.74) is -1.12. The number of nitrogens with zero attached hydrogens (tertiary/aromatic N) is 1. The molecule has 0 aromatic carbocycles. The van der Waals surface area contributed by atoms with Crippen LogP contribution < -0.4 is 5.32 Å². The summed E-state index contributed by atoms with van der Waals surface area (Å²) in [6.07, 6.45) is 1.34. The number of aliphatic carboxylic acids is 1. The van der Waals surface area contributed by atoms with Gasteiger partial charge in [-0.25, -0.2) is 0 Å². The van der Waals surface area contributed by atoms with Gasteiger partial charge in [-0.05, 0) is 6.92 Å². The highest BCUT2D eigenvalue weighted by Gasteiger charge is 2.47. The molecule has 0 bridgehead atoms. The minimum absolute atomic E-state index is 0.0460. The first-order valence-corrected chi connectivity index (χ1v) is 5.07. The predicted molar refractivity (Wildman–Crippen MR) is 54.3 cm³/mol. The quantitative estimate of drug-likeness (QED) is 0.764. The number of carboxylic acid groups (broad SMARTS) is 1. The summed E-state index contributed by atoms with van der Waals surface area (Å²) < 4.78 is 9.79. The Morgan fingerprint density at radius 2 is 2.41 bits per heavy atom. The van der Waals surface area contributed by atoms with E-state index in [2.05, 4.69) is 15.0 Å². The second kappa shape index (κ2) is 4.17. The van der Waals surface area contributed by atoms with Gasteiger partial charge in [-0.3, -0.25) is 9.59 Å². The number of hydrogen-bond acceptors (Lipinski definition) is 5. The minimum atomic E-state index is -1.12. The lowest BCUT2D eigenvalue weighted by atomic mass is 9.85. The second-order valence-corrected chi connectivity index (χ2v) is 4.14. The second-order valence-electron chi connectivity index (χ2n) is 4.14. The van der Waals surface area contributed by atoms with Crippen molar-refractivity contribution in [2.75, 3.05) is 13.2 Å².